The van der Waals surface area contributed by atoms with Crippen molar-refractivity contribution in [3.63, 3.8) is 0 Å². The molecule has 0 heterocycles. The van der Waals surface area contributed by atoms with Crippen molar-refractivity contribution in [2.75, 3.05) is 13.2 Å². The zero-order valence-electron chi connectivity index (χ0n) is 54.9. The molecule has 0 rings (SSSR count). The standard InChI is InChI=1S/C77H134O6/c1-4-7-10-13-16-19-22-25-28-30-32-34-36-38-40-42-44-46-49-52-55-58-61-64-67-70-76(79)82-73-74(72-81-75(78)69-66-63-60-57-54-51-48-27-24-21-18-15-12-9-6-3)83-77(80)71-68-65-62-59-56-53-50-47-45-43-41-39-37-35-33-31-29-26-23-20-17-14-11-8-5-2/h9,12,18,21-23,25-27,30-33,48,54,57,74H,4-8,10-11,13-17,19-20,24,28-29,34-47,49-53,55-56,58-73H2,1-3H3/b12-9-,21-18-,25-22-,26-23-,32-30-,33-31-,48-27-,57-54-. The Morgan fingerprint density at radius 3 is 0.759 bits per heavy atom. The maximum Gasteiger partial charge on any atom is 0.306 e. The summed E-state index contributed by atoms with van der Waals surface area (Å²) in [5.74, 6) is -0.919. The Morgan fingerprint density at radius 2 is 0.470 bits per heavy atom. The molecule has 478 valence electrons. The van der Waals surface area contributed by atoms with Crippen LogP contribution in [0.15, 0.2) is 97.2 Å². The SMILES string of the molecule is CC/C=C\C/C=C\C/C=C\C/C=C\CCCCC(=O)OCC(COC(=O)CCCCCCCCCCCCCCC/C=C\C/C=C\CCCCCCC)OC(=O)CCCCCCCCCCCCCCC/C=C\C/C=C\CCCCCCC. The van der Waals surface area contributed by atoms with Crippen molar-refractivity contribution < 1.29 is 28.6 Å². The molecule has 0 saturated carbocycles. The van der Waals surface area contributed by atoms with E-state index in [0.717, 1.165) is 96.3 Å². The molecule has 0 spiro atoms. The van der Waals surface area contributed by atoms with Gasteiger partial charge < -0.3 is 14.2 Å². The monoisotopic (exact) mass is 1160 g/mol. The van der Waals surface area contributed by atoms with Gasteiger partial charge >= 0.3 is 17.9 Å². The molecule has 1 unspecified atom stereocenters. The smallest absolute Gasteiger partial charge is 0.306 e. The Labute approximate surface area is 515 Å². The van der Waals surface area contributed by atoms with Gasteiger partial charge in [-0.2, -0.15) is 0 Å². The number of unbranched alkanes of at least 4 members (excludes halogenated alkanes) is 38. The lowest BCUT2D eigenvalue weighted by Gasteiger charge is -2.18. The van der Waals surface area contributed by atoms with E-state index in [2.05, 4.69) is 118 Å². The molecule has 0 aromatic carbocycles. The average molecular weight is 1160 g/mol. The summed E-state index contributed by atoms with van der Waals surface area (Å²) in [4.78, 5) is 38.5. The molecule has 0 fully saturated rings. The third-order valence-electron chi connectivity index (χ3n) is 15.5. The first-order valence-corrected chi connectivity index (χ1v) is 35.7. The Kier molecular flexibility index (Phi) is 67.7. The highest BCUT2D eigenvalue weighted by Gasteiger charge is 2.19. The van der Waals surface area contributed by atoms with Crippen molar-refractivity contribution in [3.05, 3.63) is 97.2 Å². The summed E-state index contributed by atoms with van der Waals surface area (Å²) in [7, 11) is 0. The number of esters is 3. The number of hydrogen-bond donors (Lipinski definition) is 0. The minimum Gasteiger partial charge on any atom is -0.462 e. The number of allylic oxidation sites excluding steroid dienone is 16. The Hall–Kier alpha value is -3.67. The van der Waals surface area contributed by atoms with Gasteiger partial charge in [0.1, 0.15) is 13.2 Å². The fourth-order valence-electron chi connectivity index (χ4n) is 10.2. The minimum absolute atomic E-state index is 0.0896. The van der Waals surface area contributed by atoms with Gasteiger partial charge in [-0.15, -0.1) is 0 Å². The second-order valence-corrected chi connectivity index (χ2v) is 23.8. The molecule has 6 heteroatoms. The summed E-state index contributed by atoms with van der Waals surface area (Å²) in [5.41, 5.74) is 0. The van der Waals surface area contributed by atoms with Crippen LogP contribution in [-0.2, 0) is 28.6 Å². The van der Waals surface area contributed by atoms with Gasteiger partial charge in [0.25, 0.3) is 0 Å². The lowest BCUT2D eigenvalue weighted by Crippen LogP contribution is -2.30. The van der Waals surface area contributed by atoms with Crippen LogP contribution in [0, 0.1) is 0 Å². The molecule has 0 aliphatic rings. The van der Waals surface area contributed by atoms with E-state index in [1.165, 1.54) is 218 Å². The van der Waals surface area contributed by atoms with Gasteiger partial charge in [-0.1, -0.05) is 311 Å². The van der Waals surface area contributed by atoms with Gasteiger partial charge in [-0.3, -0.25) is 14.4 Å². The van der Waals surface area contributed by atoms with Gasteiger partial charge in [0, 0.05) is 19.3 Å². The Balaban J connectivity index is 4.33. The topological polar surface area (TPSA) is 78.9 Å². The molecule has 0 aromatic rings. The van der Waals surface area contributed by atoms with Crippen molar-refractivity contribution in [2.45, 2.75) is 361 Å². The van der Waals surface area contributed by atoms with Crippen LogP contribution in [0.2, 0.25) is 0 Å². The third kappa shape index (κ3) is 69.0. The van der Waals surface area contributed by atoms with Gasteiger partial charge in [-0.25, -0.2) is 0 Å². The largest absolute Gasteiger partial charge is 0.462 e. The van der Waals surface area contributed by atoms with Crippen molar-refractivity contribution in [2.24, 2.45) is 0 Å². The third-order valence-corrected chi connectivity index (χ3v) is 15.5. The van der Waals surface area contributed by atoms with Gasteiger partial charge in [0.05, 0.1) is 0 Å². The molecule has 0 amide bonds. The van der Waals surface area contributed by atoms with E-state index in [4.69, 9.17) is 14.2 Å². The highest BCUT2D eigenvalue weighted by Crippen LogP contribution is 2.17. The predicted octanol–water partition coefficient (Wildman–Crippen LogP) is 24.8. The first-order chi connectivity index (χ1) is 41.0. The van der Waals surface area contributed by atoms with Crippen LogP contribution >= 0.6 is 0 Å². The van der Waals surface area contributed by atoms with Crippen molar-refractivity contribution in [1.82, 2.24) is 0 Å². The lowest BCUT2D eigenvalue weighted by atomic mass is 10.0. The number of rotatable bonds is 65. The molecule has 0 aromatic heterocycles. The minimum atomic E-state index is -0.798. The fraction of sp³-hybridized carbons (Fsp3) is 0.753. The van der Waals surface area contributed by atoms with Crippen molar-refractivity contribution >= 4 is 17.9 Å². The average Bonchev–Trinajstić information content (AvgIpc) is 3.49. The van der Waals surface area contributed by atoms with Crippen molar-refractivity contribution in [3.8, 4) is 0 Å². The van der Waals surface area contributed by atoms with Crippen LogP contribution in [0.3, 0.4) is 0 Å². The van der Waals surface area contributed by atoms with Crippen LogP contribution in [0.25, 0.3) is 0 Å². The quantitative estimate of drug-likeness (QED) is 0.0261. The molecule has 1 atom stereocenters. The summed E-state index contributed by atoms with van der Waals surface area (Å²) in [6.45, 7) is 6.51. The Morgan fingerprint density at radius 1 is 0.253 bits per heavy atom. The molecule has 0 bridgehead atoms. The van der Waals surface area contributed by atoms with E-state index >= 15 is 0 Å². The summed E-state index contributed by atoms with van der Waals surface area (Å²) < 4.78 is 17.0. The first kappa shape index (κ1) is 79.3. The summed E-state index contributed by atoms with van der Waals surface area (Å²) in [6, 6.07) is 0. The second kappa shape index (κ2) is 70.8. The number of hydrogen-bond acceptors (Lipinski definition) is 6. The van der Waals surface area contributed by atoms with E-state index in [9.17, 15) is 14.4 Å². The molecule has 83 heavy (non-hydrogen) atoms. The highest BCUT2D eigenvalue weighted by molar-refractivity contribution is 5.71. The van der Waals surface area contributed by atoms with Crippen LogP contribution in [0.4, 0.5) is 0 Å². The van der Waals surface area contributed by atoms with Crippen LogP contribution in [0.1, 0.15) is 355 Å². The molecule has 0 aliphatic heterocycles. The number of carbonyl (C=O) groups is 3. The molecule has 0 radical (unpaired) electrons. The second-order valence-electron chi connectivity index (χ2n) is 23.8. The molecule has 0 aliphatic carbocycles. The van der Waals surface area contributed by atoms with Crippen LogP contribution < -0.4 is 0 Å². The molecule has 6 nitrogen and oxygen atoms in total. The maximum atomic E-state index is 13.0. The van der Waals surface area contributed by atoms with Crippen LogP contribution in [0.5, 0.6) is 0 Å². The molecule has 0 N–H and O–H groups in total. The fourth-order valence-corrected chi connectivity index (χ4v) is 10.2. The van der Waals surface area contributed by atoms with Crippen molar-refractivity contribution in [1.29, 1.82) is 0 Å². The lowest BCUT2D eigenvalue weighted by molar-refractivity contribution is -0.167. The van der Waals surface area contributed by atoms with E-state index in [1.54, 1.807) is 0 Å². The highest BCUT2D eigenvalue weighted by atomic mass is 16.6. The number of carbonyl (C=O) groups excluding carboxylic acids is 3. The van der Waals surface area contributed by atoms with Gasteiger partial charge in [0.2, 0.25) is 0 Å². The summed E-state index contributed by atoms with van der Waals surface area (Å²) in [6.07, 6.45) is 95.8. The predicted molar refractivity (Wildman–Crippen MR) is 362 cm³/mol. The normalized spacial score (nSPS) is 12.7. The van der Waals surface area contributed by atoms with E-state index < -0.39 is 6.10 Å². The molecular weight excluding hydrogens is 1020 g/mol. The molecule has 0 saturated heterocycles. The zero-order valence-corrected chi connectivity index (χ0v) is 54.9. The van der Waals surface area contributed by atoms with Crippen LogP contribution in [-0.4, -0.2) is 37.2 Å². The zero-order chi connectivity index (χ0) is 59.9. The van der Waals surface area contributed by atoms with E-state index in [1.807, 2.05) is 0 Å². The summed E-state index contributed by atoms with van der Waals surface area (Å²) >= 11 is 0. The summed E-state index contributed by atoms with van der Waals surface area (Å²) in [5, 5.41) is 0. The van der Waals surface area contributed by atoms with E-state index in [0.29, 0.717) is 19.3 Å². The van der Waals surface area contributed by atoms with E-state index in [-0.39, 0.29) is 31.1 Å². The number of ether oxygens (including phenoxy) is 3. The van der Waals surface area contributed by atoms with Gasteiger partial charge in [-0.05, 0) is 122 Å². The van der Waals surface area contributed by atoms with Gasteiger partial charge in [0.15, 0.2) is 6.10 Å². The Bertz CT molecular complexity index is 1610. The molecular formula is C77H134O6. The maximum absolute atomic E-state index is 13.0. The first-order valence-electron chi connectivity index (χ1n) is 35.7.